The Hall–Kier alpha value is -2.62. The van der Waals surface area contributed by atoms with E-state index < -0.39 is 0 Å². The molecule has 0 saturated carbocycles. The summed E-state index contributed by atoms with van der Waals surface area (Å²) in [5.74, 6) is -0.214. The normalized spacial score (nSPS) is 15.5. The van der Waals surface area contributed by atoms with Crippen LogP contribution in [-0.4, -0.2) is 24.9 Å². The molecule has 2 amide bonds. The summed E-state index contributed by atoms with van der Waals surface area (Å²) in [6, 6.07) is 15.8. The van der Waals surface area contributed by atoms with Crippen LogP contribution in [0.15, 0.2) is 48.5 Å². The molecule has 4 rings (SSSR count). The summed E-state index contributed by atoms with van der Waals surface area (Å²) < 4.78 is 0. The smallest absolute Gasteiger partial charge is 0.236 e. The molecule has 0 fully saturated rings. The molecule has 0 unspecified atom stereocenters. The summed E-state index contributed by atoms with van der Waals surface area (Å²) in [4.78, 5) is 28.6. The van der Waals surface area contributed by atoms with Gasteiger partial charge in [-0.05, 0) is 36.1 Å². The predicted octanol–water partition coefficient (Wildman–Crippen LogP) is 2.56. The first-order valence-corrected chi connectivity index (χ1v) is 8.00. The second-order valence-corrected chi connectivity index (χ2v) is 6.02. The molecule has 2 aliphatic heterocycles. The van der Waals surface area contributed by atoms with Crippen molar-refractivity contribution in [2.75, 3.05) is 22.9 Å². The zero-order chi connectivity index (χ0) is 15.8. The van der Waals surface area contributed by atoms with E-state index in [1.807, 2.05) is 48.5 Å². The van der Waals surface area contributed by atoms with E-state index in [9.17, 15) is 9.59 Å². The van der Waals surface area contributed by atoms with Crippen molar-refractivity contribution in [1.82, 2.24) is 0 Å². The first-order chi connectivity index (χ1) is 11.2. The van der Waals surface area contributed by atoms with Gasteiger partial charge in [0.15, 0.2) is 0 Å². The Morgan fingerprint density at radius 2 is 1.17 bits per heavy atom. The third kappa shape index (κ3) is 2.40. The number of anilines is 2. The van der Waals surface area contributed by atoms with Gasteiger partial charge >= 0.3 is 0 Å². The lowest BCUT2D eigenvalue weighted by Gasteiger charge is -2.21. The zero-order valence-electron chi connectivity index (χ0n) is 12.9. The fourth-order valence-electron chi connectivity index (χ4n) is 3.51. The molecule has 4 nitrogen and oxygen atoms in total. The highest BCUT2D eigenvalue weighted by Gasteiger charge is 2.29. The van der Waals surface area contributed by atoms with E-state index in [1.54, 1.807) is 9.80 Å². The molecule has 0 saturated heterocycles. The van der Waals surface area contributed by atoms with Crippen LogP contribution in [0.1, 0.15) is 17.5 Å². The van der Waals surface area contributed by atoms with Crippen molar-refractivity contribution in [2.45, 2.75) is 19.3 Å². The summed E-state index contributed by atoms with van der Waals surface area (Å²) in [6.07, 6.45) is 1.66. The Balaban J connectivity index is 1.49. The predicted molar refractivity (Wildman–Crippen MR) is 89.6 cm³/mol. The molecule has 2 aromatic rings. The molecule has 2 heterocycles. The van der Waals surface area contributed by atoms with Gasteiger partial charge in [-0.15, -0.1) is 0 Å². The van der Waals surface area contributed by atoms with Gasteiger partial charge in [0, 0.05) is 24.5 Å². The van der Waals surface area contributed by atoms with E-state index in [0.29, 0.717) is 13.1 Å². The number of carbonyl (C=O) groups is 2. The standard InChI is InChI=1S/C19H18N2O2/c22-18(20-11-9-14-5-1-3-7-16(14)20)13-19(23)21-12-10-15-6-2-4-8-17(15)21/h1-8H,9-13H2. The van der Waals surface area contributed by atoms with Gasteiger partial charge in [0.1, 0.15) is 6.42 Å². The van der Waals surface area contributed by atoms with Crippen molar-refractivity contribution < 1.29 is 9.59 Å². The van der Waals surface area contributed by atoms with Gasteiger partial charge in [0.25, 0.3) is 0 Å². The number of carbonyl (C=O) groups excluding carboxylic acids is 2. The van der Waals surface area contributed by atoms with E-state index in [0.717, 1.165) is 24.2 Å². The molecule has 23 heavy (non-hydrogen) atoms. The highest BCUT2D eigenvalue weighted by Crippen LogP contribution is 2.30. The van der Waals surface area contributed by atoms with Crippen LogP contribution in [0.2, 0.25) is 0 Å². The summed E-state index contributed by atoms with van der Waals surface area (Å²) in [5, 5.41) is 0. The minimum atomic E-state index is -0.107. The molecule has 2 aromatic carbocycles. The highest BCUT2D eigenvalue weighted by molar-refractivity contribution is 6.11. The monoisotopic (exact) mass is 306 g/mol. The van der Waals surface area contributed by atoms with Gasteiger partial charge in [-0.3, -0.25) is 9.59 Å². The maximum Gasteiger partial charge on any atom is 0.236 e. The van der Waals surface area contributed by atoms with E-state index in [-0.39, 0.29) is 18.2 Å². The third-order valence-electron chi connectivity index (χ3n) is 4.68. The molecule has 0 spiro atoms. The van der Waals surface area contributed by atoms with Gasteiger partial charge in [-0.25, -0.2) is 0 Å². The number of nitrogens with zero attached hydrogens (tertiary/aromatic N) is 2. The first kappa shape index (κ1) is 14.0. The van der Waals surface area contributed by atoms with E-state index >= 15 is 0 Å². The fourth-order valence-corrected chi connectivity index (χ4v) is 3.51. The molecular weight excluding hydrogens is 288 g/mol. The molecule has 0 radical (unpaired) electrons. The van der Waals surface area contributed by atoms with Crippen LogP contribution in [-0.2, 0) is 22.4 Å². The topological polar surface area (TPSA) is 40.6 Å². The van der Waals surface area contributed by atoms with Gasteiger partial charge < -0.3 is 9.80 Å². The van der Waals surface area contributed by atoms with Gasteiger partial charge in [-0.1, -0.05) is 36.4 Å². The van der Waals surface area contributed by atoms with Crippen LogP contribution in [0, 0.1) is 0 Å². The van der Waals surface area contributed by atoms with Gasteiger partial charge in [0.05, 0.1) is 0 Å². The molecule has 0 bridgehead atoms. The highest BCUT2D eigenvalue weighted by atomic mass is 16.2. The van der Waals surface area contributed by atoms with Crippen LogP contribution < -0.4 is 9.80 Å². The Bertz CT molecular complexity index is 719. The van der Waals surface area contributed by atoms with Gasteiger partial charge in [-0.2, -0.15) is 0 Å². The molecule has 0 atom stereocenters. The SMILES string of the molecule is O=C(CC(=O)N1CCc2ccccc21)N1CCc2ccccc21. The van der Waals surface area contributed by atoms with Crippen molar-refractivity contribution in [1.29, 1.82) is 0 Å². The Kier molecular flexibility index (Phi) is 3.37. The number of hydrogen-bond acceptors (Lipinski definition) is 2. The summed E-state index contributed by atoms with van der Waals surface area (Å²) in [6.45, 7) is 1.34. The lowest BCUT2D eigenvalue weighted by atomic mass is 10.2. The molecule has 0 N–H and O–H groups in total. The van der Waals surface area contributed by atoms with E-state index in [2.05, 4.69) is 0 Å². The minimum Gasteiger partial charge on any atom is -0.311 e. The molecule has 0 aromatic heterocycles. The number of rotatable bonds is 2. The van der Waals surface area contributed by atoms with Crippen LogP contribution in [0.25, 0.3) is 0 Å². The second-order valence-electron chi connectivity index (χ2n) is 6.02. The second kappa shape index (κ2) is 5.54. The van der Waals surface area contributed by atoms with Crippen molar-refractivity contribution in [3.05, 3.63) is 59.7 Å². The average molecular weight is 306 g/mol. The number of hydrogen-bond donors (Lipinski definition) is 0. The molecule has 0 aliphatic carbocycles. The molecular formula is C19H18N2O2. The lowest BCUT2D eigenvalue weighted by Crippen LogP contribution is -2.36. The number of fused-ring (bicyclic) bond motifs is 2. The Labute approximate surface area is 135 Å². The Morgan fingerprint density at radius 3 is 1.65 bits per heavy atom. The lowest BCUT2D eigenvalue weighted by molar-refractivity contribution is -0.126. The number of para-hydroxylation sites is 2. The summed E-state index contributed by atoms with van der Waals surface area (Å²) in [7, 11) is 0. The summed E-state index contributed by atoms with van der Waals surface area (Å²) >= 11 is 0. The van der Waals surface area contributed by atoms with Crippen molar-refractivity contribution >= 4 is 23.2 Å². The van der Waals surface area contributed by atoms with Gasteiger partial charge in [0.2, 0.25) is 11.8 Å². The van der Waals surface area contributed by atoms with Crippen LogP contribution in [0.5, 0.6) is 0 Å². The van der Waals surface area contributed by atoms with Crippen molar-refractivity contribution in [3.63, 3.8) is 0 Å². The van der Waals surface area contributed by atoms with Crippen molar-refractivity contribution in [2.24, 2.45) is 0 Å². The van der Waals surface area contributed by atoms with Crippen LogP contribution in [0.3, 0.4) is 0 Å². The maximum absolute atomic E-state index is 12.6. The summed E-state index contributed by atoms with van der Waals surface area (Å²) in [5.41, 5.74) is 4.26. The molecule has 116 valence electrons. The van der Waals surface area contributed by atoms with E-state index in [1.165, 1.54) is 11.1 Å². The van der Waals surface area contributed by atoms with Crippen molar-refractivity contribution in [3.8, 4) is 0 Å². The number of benzene rings is 2. The third-order valence-corrected chi connectivity index (χ3v) is 4.68. The van der Waals surface area contributed by atoms with E-state index in [4.69, 9.17) is 0 Å². The maximum atomic E-state index is 12.6. The number of amides is 2. The largest absolute Gasteiger partial charge is 0.311 e. The fraction of sp³-hybridized carbons (Fsp3) is 0.263. The average Bonchev–Trinajstić information content (AvgIpc) is 3.19. The Morgan fingerprint density at radius 1 is 0.739 bits per heavy atom. The minimum absolute atomic E-state index is 0.0668. The zero-order valence-corrected chi connectivity index (χ0v) is 12.9. The quantitative estimate of drug-likeness (QED) is 0.800. The molecule has 4 heteroatoms. The first-order valence-electron chi connectivity index (χ1n) is 8.00. The van der Waals surface area contributed by atoms with Crippen LogP contribution >= 0.6 is 0 Å². The van der Waals surface area contributed by atoms with Crippen LogP contribution in [0.4, 0.5) is 11.4 Å². The molecule has 2 aliphatic rings.